The molecule has 2 aromatic heterocycles. The van der Waals surface area contributed by atoms with Crippen molar-refractivity contribution in [2.75, 3.05) is 12.4 Å². The maximum absolute atomic E-state index is 13.4. The second-order valence-corrected chi connectivity index (χ2v) is 10.8. The number of carbonyl (C=O) groups excluding carboxylic acids is 2. The third-order valence-electron chi connectivity index (χ3n) is 6.34. The van der Waals surface area contributed by atoms with E-state index in [1.807, 2.05) is 6.92 Å². The molecule has 2 amide bonds. The molecular formula is C24H33ClN6O4. The quantitative estimate of drug-likeness (QED) is 0.524. The van der Waals surface area contributed by atoms with Gasteiger partial charge in [-0.2, -0.15) is 5.10 Å². The van der Waals surface area contributed by atoms with Gasteiger partial charge in [0.1, 0.15) is 11.6 Å². The molecule has 0 saturated heterocycles. The van der Waals surface area contributed by atoms with Gasteiger partial charge in [-0.15, -0.1) is 10.2 Å². The first-order valence-electron chi connectivity index (χ1n) is 12.0. The molecule has 2 aliphatic carbocycles. The van der Waals surface area contributed by atoms with Crippen LogP contribution in [0.3, 0.4) is 0 Å². The minimum Gasteiger partial charge on any atom is -0.480 e. The van der Waals surface area contributed by atoms with Crippen molar-refractivity contribution in [3.05, 3.63) is 29.2 Å². The highest BCUT2D eigenvalue weighted by Gasteiger charge is 2.48. The molecule has 4 rings (SSSR count). The number of nitrogens with zero attached hydrogens (tertiary/aromatic N) is 4. The van der Waals surface area contributed by atoms with E-state index in [-0.39, 0.29) is 23.0 Å². The van der Waals surface area contributed by atoms with Crippen molar-refractivity contribution in [2.45, 2.75) is 71.1 Å². The van der Waals surface area contributed by atoms with Crippen molar-refractivity contribution in [2.24, 2.45) is 17.8 Å². The first-order chi connectivity index (χ1) is 16.6. The predicted octanol–water partition coefficient (Wildman–Crippen LogP) is 4.21. The van der Waals surface area contributed by atoms with Crippen LogP contribution in [-0.2, 0) is 9.53 Å². The van der Waals surface area contributed by atoms with Crippen molar-refractivity contribution in [1.82, 2.24) is 25.3 Å². The van der Waals surface area contributed by atoms with Gasteiger partial charge in [-0.05, 0) is 77.2 Å². The van der Waals surface area contributed by atoms with E-state index >= 15 is 0 Å². The largest absolute Gasteiger partial charge is 0.480 e. The second-order valence-electron chi connectivity index (χ2n) is 10.4. The molecule has 35 heavy (non-hydrogen) atoms. The Kier molecular flexibility index (Phi) is 7.21. The standard InChI is InChI=1S/C24H33ClN6O4/c1-13(17-10-18(25)29-30-22(17)34-5)31-12-16(11-26-31)27-21(32)20(28-23(33)35-24(2,3)4)19(14-6-7-14)15-8-9-15/h10-15,19-20H,6-9H2,1-5H3,(H,27,32)(H,28,33)/t13?,20-/m0/s1. The molecule has 2 fully saturated rings. The van der Waals surface area contributed by atoms with Crippen LogP contribution in [0.15, 0.2) is 18.5 Å². The van der Waals surface area contributed by atoms with E-state index in [2.05, 4.69) is 25.9 Å². The van der Waals surface area contributed by atoms with E-state index in [0.29, 0.717) is 29.0 Å². The first kappa shape index (κ1) is 25.2. The van der Waals surface area contributed by atoms with E-state index in [0.717, 1.165) is 25.7 Å². The number of anilines is 1. The number of aromatic nitrogens is 4. The number of hydrogen-bond donors (Lipinski definition) is 2. The van der Waals surface area contributed by atoms with E-state index < -0.39 is 17.7 Å². The smallest absolute Gasteiger partial charge is 0.408 e. The lowest BCUT2D eigenvalue weighted by Crippen LogP contribution is -2.51. The minimum atomic E-state index is -0.672. The van der Waals surface area contributed by atoms with Crippen LogP contribution in [0, 0.1) is 17.8 Å². The molecule has 2 atom stereocenters. The lowest BCUT2D eigenvalue weighted by atomic mass is 9.89. The van der Waals surface area contributed by atoms with Gasteiger partial charge in [-0.25, -0.2) is 4.79 Å². The molecule has 0 bridgehead atoms. The van der Waals surface area contributed by atoms with E-state index in [4.69, 9.17) is 21.1 Å². The fourth-order valence-corrected chi connectivity index (χ4v) is 4.62. The van der Waals surface area contributed by atoms with Gasteiger partial charge in [0, 0.05) is 11.8 Å². The Hall–Kier alpha value is -2.88. The SMILES string of the molecule is COc1nnc(Cl)cc1C(C)n1cc(NC(=O)[C@@H](NC(=O)OC(C)(C)C)C(C2CC2)C2CC2)cn1. The Labute approximate surface area is 210 Å². The highest BCUT2D eigenvalue weighted by atomic mass is 35.5. The van der Waals surface area contributed by atoms with Crippen molar-refractivity contribution in [1.29, 1.82) is 0 Å². The molecule has 2 aromatic rings. The molecule has 0 spiro atoms. The summed E-state index contributed by atoms with van der Waals surface area (Å²) in [6, 6.07) is 0.730. The molecule has 1 unspecified atom stereocenters. The lowest BCUT2D eigenvalue weighted by molar-refractivity contribution is -0.120. The second kappa shape index (κ2) is 10.0. The van der Waals surface area contributed by atoms with Gasteiger partial charge in [0.15, 0.2) is 5.15 Å². The summed E-state index contributed by atoms with van der Waals surface area (Å²) in [7, 11) is 1.51. The molecule has 0 aliphatic heterocycles. The normalized spacial score (nSPS) is 17.6. The molecular weight excluding hydrogens is 472 g/mol. The number of carbonyl (C=O) groups is 2. The van der Waals surface area contributed by atoms with Crippen LogP contribution in [0.5, 0.6) is 5.88 Å². The van der Waals surface area contributed by atoms with Crippen molar-refractivity contribution in [3.8, 4) is 5.88 Å². The highest BCUT2D eigenvalue weighted by molar-refractivity contribution is 6.29. The van der Waals surface area contributed by atoms with Crippen LogP contribution >= 0.6 is 11.6 Å². The van der Waals surface area contributed by atoms with Crippen LogP contribution in [0.4, 0.5) is 10.5 Å². The number of alkyl carbamates (subject to hydrolysis) is 1. The number of ether oxygens (including phenoxy) is 2. The fraction of sp³-hybridized carbons (Fsp3) is 0.625. The topological polar surface area (TPSA) is 120 Å². The monoisotopic (exact) mass is 504 g/mol. The van der Waals surface area contributed by atoms with Crippen LogP contribution in [0.2, 0.25) is 5.15 Å². The number of methoxy groups -OCH3 is 1. The van der Waals surface area contributed by atoms with Crippen LogP contribution in [-0.4, -0.2) is 50.7 Å². The van der Waals surface area contributed by atoms with Gasteiger partial charge in [-0.3, -0.25) is 9.48 Å². The van der Waals surface area contributed by atoms with Crippen LogP contribution < -0.4 is 15.4 Å². The van der Waals surface area contributed by atoms with E-state index in [9.17, 15) is 9.59 Å². The number of amides is 2. The van der Waals surface area contributed by atoms with Crippen molar-refractivity contribution >= 4 is 29.3 Å². The Morgan fingerprint density at radius 3 is 2.40 bits per heavy atom. The fourth-order valence-electron chi connectivity index (χ4n) is 4.47. The Bertz CT molecular complexity index is 1060. The van der Waals surface area contributed by atoms with Crippen molar-refractivity contribution in [3.63, 3.8) is 0 Å². The van der Waals surface area contributed by atoms with Crippen LogP contribution in [0.1, 0.15) is 65.0 Å². The third kappa shape index (κ3) is 6.42. The van der Waals surface area contributed by atoms with Gasteiger partial charge < -0.3 is 20.1 Å². The summed E-state index contributed by atoms with van der Waals surface area (Å²) in [5.74, 6) is 1.09. The molecule has 0 radical (unpaired) electrons. The number of halogens is 1. The highest BCUT2D eigenvalue weighted by Crippen LogP contribution is 2.51. The zero-order valence-corrected chi connectivity index (χ0v) is 21.5. The summed E-state index contributed by atoms with van der Waals surface area (Å²) in [4.78, 5) is 26.0. The van der Waals surface area contributed by atoms with E-state index in [1.54, 1.807) is 43.9 Å². The summed E-state index contributed by atoms with van der Waals surface area (Å²) in [5, 5.41) is 18.2. The molecule has 190 valence electrons. The number of nitrogens with one attached hydrogen (secondary N) is 2. The zero-order chi connectivity index (χ0) is 25.3. The average molecular weight is 505 g/mol. The first-order valence-corrected chi connectivity index (χ1v) is 12.3. The summed E-state index contributed by atoms with van der Waals surface area (Å²) >= 11 is 6.03. The molecule has 2 aliphatic rings. The summed E-state index contributed by atoms with van der Waals surface area (Å²) in [6.45, 7) is 7.32. The average Bonchev–Trinajstić information content (AvgIpc) is 3.72. The van der Waals surface area contributed by atoms with Gasteiger partial charge in [0.25, 0.3) is 0 Å². The third-order valence-corrected chi connectivity index (χ3v) is 6.52. The maximum Gasteiger partial charge on any atom is 0.408 e. The van der Waals surface area contributed by atoms with Gasteiger partial charge in [-0.1, -0.05) is 11.6 Å². The summed E-state index contributed by atoms with van der Waals surface area (Å²) < 4.78 is 12.4. The molecule has 2 N–H and O–H groups in total. The number of hydrogen-bond acceptors (Lipinski definition) is 7. The predicted molar refractivity (Wildman–Crippen MR) is 130 cm³/mol. The van der Waals surface area contributed by atoms with Crippen molar-refractivity contribution < 1.29 is 19.1 Å². The van der Waals surface area contributed by atoms with Gasteiger partial charge >= 0.3 is 6.09 Å². The summed E-state index contributed by atoms with van der Waals surface area (Å²) in [5.41, 5.74) is 0.582. The molecule has 2 heterocycles. The molecule has 2 saturated carbocycles. The number of rotatable bonds is 9. The lowest BCUT2D eigenvalue weighted by Gasteiger charge is -2.28. The molecule has 0 aromatic carbocycles. The molecule has 11 heteroatoms. The Morgan fingerprint density at radius 2 is 1.83 bits per heavy atom. The molecule has 10 nitrogen and oxygen atoms in total. The maximum atomic E-state index is 13.4. The van der Waals surface area contributed by atoms with Crippen LogP contribution in [0.25, 0.3) is 0 Å². The van der Waals surface area contributed by atoms with Gasteiger partial charge in [0.2, 0.25) is 11.8 Å². The van der Waals surface area contributed by atoms with Gasteiger partial charge in [0.05, 0.1) is 25.0 Å². The zero-order valence-electron chi connectivity index (χ0n) is 20.7. The minimum absolute atomic E-state index is 0.103. The Morgan fingerprint density at radius 1 is 1.17 bits per heavy atom. The van der Waals surface area contributed by atoms with E-state index in [1.165, 1.54) is 7.11 Å². The summed E-state index contributed by atoms with van der Waals surface area (Å²) in [6.07, 6.45) is 7.06. The Balaban J connectivity index is 1.50.